The minimum absolute atomic E-state index is 0.0770. The molecule has 0 N–H and O–H groups in total. The Kier molecular flexibility index (Phi) is 6.04. The SMILES string of the molecule is Cc1ccc(CN2C(=O)C(c3ccc([N+](=O)[O-])cc3)=C(N(C)Cc3ccccc3)C2=O)cc1. The molecule has 3 aromatic carbocycles. The summed E-state index contributed by atoms with van der Waals surface area (Å²) in [7, 11) is 1.77. The molecule has 1 aliphatic rings. The zero-order valence-corrected chi connectivity index (χ0v) is 18.4. The van der Waals surface area contributed by atoms with Gasteiger partial charge in [0.25, 0.3) is 17.5 Å². The maximum absolute atomic E-state index is 13.5. The van der Waals surface area contributed by atoms with Crippen LogP contribution in [0.5, 0.6) is 0 Å². The first kappa shape index (κ1) is 22.0. The Morgan fingerprint density at radius 2 is 1.48 bits per heavy atom. The summed E-state index contributed by atoms with van der Waals surface area (Å²) in [6.45, 7) is 2.56. The van der Waals surface area contributed by atoms with Gasteiger partial charge in [-0.15, -0.1) is 0 Å². The van der Waals surface area contributed by atoms with Crippen LogP contribution in [0.1, 0.15) is 22.3 Å². The Morgan fingerprint density at radius 1 is 0.848 bits per heavy atom. The van der Waals surface area contributed by atoms with Crippen molar-refractivity contribution in [3.63, 3.8) is 0 Å². The Morgan fingerprint density at radius 3 is 2.09 bits per heavy atom. The number of imide groups is 1. The molecule has 166 valence electrons. The van der Waals surface area contributed by atoms with Crippen molar-refractivity contribution < 1.29 is 14.5 Å². The van der Waals surface area contributed by atoms with Gasteiger partial charge in [0, 0.05) is 25.7 Å². The number of nitro groups is 1. The monoisotopic (exact) mass is 441 g/mol. The summed E-state index contributed by atoms with van der Waals surface area (Å²) in [5.41, 5.74) is 3.85. The zero-order valence-electron chi connectivity index (χ0n) is 18.4. The molecule has 7 nitrogen and oxygen atoms in total. The van der Waals surface area contributed by atoms with E-state index in [1.807, 2.05) is 61.5 Å². The van der Waals surface area contributed by atoms with Gasteiger partial charge in [-0.2, -0.15) is 0 Å². The molecule has 0 spiro atoms. The van der Waals surface area contributed by atoms with Crippen molar-refractivity contribution in [2.45, 2.75) is 20.0 Å². The topological polar surface area (TPSA) is 83.8 Å². The second-order valence-corrected chi connectivity index (χ2v) is 8.05. The van der Waals surface area contributed by atoms with Crippen LogP contribution in [0.2, 0.25) is 0 Å². The van der Waals surface area contributed by atoms with Gasteiger partial charge in [0.1, 0.15) is 5.70 Å². The lowest BCUT2D eigenvalue weighted by Crippen LogP contribution is -2.33. The average molecular weight is 441 g/mol. The number of carbonyl (C=O) groups is 2. The molecular formula is C26H23N3O4. The van der Waals surface area contributed by atoms with Gasteiger partial charge in [0.15, 0.2) is 0 Å². The van der Waals surface area contributed by atoms with Crippen LogP contribution in [0.25, 0.3) is 5.57 Å². The molecule has 0 radical (unpaired) electrons. The van der Waals surface area contributed by atoms with E-state index in [-0.39, 0.29) is 29.4 Å². The van der Waals surface area contributed by atoms with Crippen LogP contribution in [0.4, 0.5) is 5.69 Å². The van der Waals surface area contributed by atoms with E-state index in [2.05, 4.69) is 0 Å². The first-order chi connectivity index (χ1) is 15.8. The fraction of sp³-hybridized carbons (Fsp3) is 0.154. The Bertz CT molecular complexity index is 1230. The lowest BCUT2D eigenvalue weighted by Gasteiger charge is -2.21. The van der Waals surface area contributed by atoms with E-state index in [0.717, 1.165) is 16.7 Å². The maximum atomic E-state index is 13.5. The van der Waals surface area contributed by atoms with Crippen molar-refractivity contribution in [2.24, 2.45) is 0 Å². The molecule has 0 aromatic heterocycles. The van der Waals surface area contributed by atoms with E-state index in [0.29, 0.717) is 12.1 Å². The zero-order chi connectivity index (χ0) is 23.5. The fourth-order valence-electron chi connectivity index (χ4n) is 3.88. The molecule has 1 heterocycles. The van der Waals surface area contributed by atoms with E-state index in [9.17, 15) is 19.7 Å². The largest absolute Gasteiger partial charge is 0.365 e. The van der Waals surface area contributed by atoms with E-state index in [1.54, 1.807) is 11.9 Å². The molecular weight excluding hydrogens is 418 g/mol. The summed E-state index contributed by atoms with van der Waals surface area (Å²) in [6.07, 6.45) is 0. The number of nitro benzene ring substituents is 1. The van der Waals surface area contributed by atoms with Crippen LogP contribution in [0.3, 0.4) is 0 Å². The maximum Gasteiger partial charge on any atom is 0.278 e. The molecule has 1 aliphatic heterocycles. The number of hydrogen-bond donors (Lipinski definition) is 0. The summed E-state index contributed by atoms with van der Waals surface area (Å²) in [5.74, 6) is -0.795. The van der Waals surface area contributed by atoms with E-state index < -0.39 is 10.8 Å². The second-order valence-electron chi connectivity index (χ2n) is 8.05. The van der Waals surface area contributed by atoms with E-state index in [4.69, 9.17) is 0 Å². The second kappa shape index (κ2) is 9.08. The highest BCUT2D eigenvalue weighted by atomic mass is 16.6. The summed E-state index contributed by atoms with van der Waals surface area (Å²) in [6, 6.07) is 23.0. The molecule has 0 aliphatic carbocycles. The fourth-order valence-corrected chi connectivity index (χ4v) is 3.88. The molecule has 4 rings (SSSR count). The van der Waals surface area contributed by atoms with Crippen LogP contribution in [0, 0.1) is 17.0 Å². The van der Waals surface area contributed by atoms with Crippen molar-refractivity contribution in [3.8, 4) is 0 Å². The Labute approximate surface area is 191 Å². The third-order valence-electron chi connectivity index (χ3n) is 5.62. The quantitative estimate of drug-likeness (QED) is 0.310. The van der Waals surface area contributed by atoms with Gasteiger partial charge in [-0.3, -0.25) is 24.6 Å². The van der Waals surface area contributed by atoms with E-state index in [1.165, 1.54) is 29.2 Å². The van der Waals surface area contributed by atoms with Crippen molar-refractivity contribution in [1.29, 1.82) is 0 Å². The number of aryl methyl sites for hydroxylation is 1. The summed E-state index contributed by atoms with van der Waals surface area (Å²) >= 11 is 0. The predicted octanol–water partition coefficient (Wildman–Crippen LogP) is 4.32. The number of amides is 2. The molecule has 3 aromatic rings. The average Bonchev–Trinajstić information content (AvgIpc) is 3.06. The van der Waals surface area contributed by atoms with Crippen molar-refractivity contribution in [1.82, 2.24) is 9.80 Å². The predicted molar refractivity (Wildman–Crippen MR) is 125 cm³/mol. The van der Waals surface area contributed by atoms with Gasteiger partial charge in [-0.25, -0.2) is 0 Å². The van der Waals surface area contributed by atoms with Gasteiger partial charge >= 0.3 is 0 Å². The number of hydrogen-bond acceptors (Lipinski definition) is 5. The van der Waals surface area contributed by atoms with Gasteiger partial charge in [0.05, 0.1) is 17.0 Å². The lowest BCUT2D eigenvalue weighted by molar-refractivity contribution is -0.384. The van der Waals surface area contributed by atoms with Crippen LogP contribution in [0.15, 0.2) is 84.6 Å². The van der Waals surface area contributed by atoms with Gasteiger partial charge < -0.3 is 4.90 Å². The Balaban J connectivity index is 1.73. The summed E-state index contributed by atoms with van der Waals surface area (Å²) < 4.78 is 0. The van der Waals surface area contributed by atoms with Gasteiger partial charge in [-0.05, 0) is 35.7 Å². The number of nitrogens with zero attached hydrogens (tertiary/aromatic N) is 3. The number of benzene rings is 3. The summed E-state index contributed by atoms with van der Waals surface area (Å²) in [5, 5.41) is 11.1. The molecule has 0 bridgehead atoms. The highest BCUT2D eigenvalue weighted by Crippen LogP contribution is 2.33. The van der Waals surface area contributed by atoms with Gasteiger partial charge in [0.2, 0.25) is 0 Å². The molecule has 33 heavy (non-hydrogen) atoms. The molecule has 0 saturated carbocycles. The summed E-state index contributed by atoms with van der Waals surface area (Å²) in [4.78, 5) is 40.5. The van der Waals surface area contributed by atoms with Crippen LogP contribution in [-0.2, 0) is 22.7 Å². The minimum Gasteiger partial charge on any atom is -0.365 e. The van der Waals surface area contributed by atoms with Crippen LogP contribution < -0.4 is 0 Å². The molecule has 7 heteroatoms. The third kappa shape index (κ3) is 4.52. The molecule has 0 atom stereocenters. The highest BCUT2D eigenvalue weighted by Gasteiger charge is 2.40. The first-order valence-electron chi connectivity index (χ1n) is 10.5. The highest BCUT2D eigenvalue weighted by molar-refractivity contribution is 6.35. The third-order valence-corrected chi connectivity index (χ3v) is 5.62. The van der Waals surface area contributed by atoms with Crippen molar-refractivity contribution >= 4 is 23.1 Å². The first-order valence-corrected chi connectivity index (χ1v) is 10.5. The lowest BCUT2D eigenvalue weighted by atomic mass is 10.0. The number of carbonyl (C=O) groups excluding carboxylic acids is 2. The van der Waals surface area contributed by atoms with Crippen LogP contribution in [-0.4, -0.2) is 33.6 Å². The smallest absolute Gasteiger partial charge is 0.278 e. The standard InChI is InChI=1S/C26H23N3O4/c1-18-8-10-20(11-9-18)17-28-25(30)23(21-12-14-22(15-13-21)29(32)33)24(26(28)31)27(2)16-19-6-4-3-5-7-19/h3-15H,16-17H2,1-2H3. The number of rotatable bonds is 7. The van der Waals surface area contributed by atoms with Crippen molar-refractivity contribution in [3.05, 3.63) is 117 Å². The minimum atomic E-state index is -0.494. The van der Waals surface area contributed by atoms with E-state index >= 15 is 0 Å². The molecule has 0 unspecified atom stereocenters. The van der Waals surface area contributed by atoms with Crippen LogP contribution >= 0.6 is 0 Å². The van der Waals surface area contributed by atoms with Crippen molar-refractivity contribution in [2.75, 3.05) is 7.05 Å². The van der Waals surface area contributed by atoms with Gasteiger partial charge in [-0.1, -0.05) is 60.2 Å². The molecule has 2 amide bonds. The normalized spacial score (nSPS) is 13.6. The molecule has 0 saturated heterocycles. The number of non-ortho nitro benzene ring substituents is 1. The number of likely N-dealkylation sites (N-methyl/N-ethyl adjacent to an activating group) is 1. The Hall–Kier alpha value is -4.26. The molecule has 0 fully saturated rings.